The molecule has 2 heterocycles. The highest BCUT2D eigenvalue weighted by Gasteiger charge is 2.41. The summed E-state index contributed by atoms with van der Waals surface area (Å²) >= 11 is 0. The molecule has 2 unspecified atom stereocenters. The van der Waals surface area contributed by atoms with Crippen LogP contribution in [0.3, 0.4) is 0 Å². The third-order valence-corrected chi connectivity index (χ3v) is 7.98. The van der Waals surface area contributed by atoms with E-state index in [9.17, 15) is 0 Å². The number of rotatable bonds is 7. The van der Waals surface area contributed by atoms with Crippen molar-refractivity contribution in [3.63, 3.8) is 0 Å². The van der Waals surface area contributed by atoms with Gasteiger partial charge in [0.2, 0.25) is 0 Å². The summed E-state index contributed by atoms with van der Waals surface area (Å²) in [5.41, 5.74) is 6.67. The summed E-state index contributed by atoms with van der Waals surface area (Å²) in [5.74, 6) is 0. The molecule has 2 aliphatic rings. The number of benzene rings is 4. The molecular weight excluding hydrogens is 468 g/mol. The smallest absolute Gasteiger partial charge is 0.290 e. The second-order valence-electron chi connectivity index (χ2n) is 10.3. The molecule has 194 valence electrons. The number of piperidine rings is 1. The van der Waals surface area contributed by atoms with E-state index in [1.165, 1.54) is 53.5 Å². The predicted octanol–water partition coefficient (Wildman–Crippen LogP) is 6.93. The van der Waals surface area contributed by atoms with Gasteiger partial charge in [-0.25, -0.2) is 0 Å². The highest BCUT2D eigenvalue weighted by atomic mass is 16.3. The average molecular weight is 505 g/mol. The molecule has 0 aromatic heterocycles. The molecule has 4 aromatic carbocycles. The molecule has 4 atom stereocenters. The highest BCUT2D eigenvalue weighted by Crippen LogP contribution is 2.38. The van der Waals surface area contributed by atoms with Crippen molar-refractivity contribution in [3.8, 4) is 11.1 Å². The van der Waals surface area contributed by atoms with E-state index >= 15 is 0 Å². The molecule has 2 bridgehead atoms. The van der Waals surface area contributed by atoms with Crippen LogP contribution in [-0.4, -0.2) is 34.6 Å². The summed E-state index contributed by atoms with van der Waals surface area (Å²) in [6, 6.07) is 43.9. The molecule has 0 aliphatic carbocycles. The van der Waals surface area contributed by atoms with Gasteiger partial charge in [0.05, 0.1) is 6.04 Å². The summed E-state index contributed by atoms with van der Waals surface area (Å²) in [5, 5.41) is 11.0. The lowest BCUT2D eigenvalue weighted by Gasteiger charge is -2.40. The fourth-order valence-electron chi connectivity index (χ4n) is 6.23. The fourth-order valence-corrected chi connectivity index (χ4v) is 6.23. The number of nitrogens with zero attached hydrogens (tertiary/aromatic N) is 1. The van der Waals surface area contributed by atoms with Crippen LogP contribution in [0.5, 0.6) is 0 Å². The van der Waals surface area contributed by atoms with Crippen LogP contribution in [0.15, 0.2) is 115 Å². The van der Waals surface area contributed by atoms with Crippen LogP contribution in [0.2, 0.25) is 0 Å². The standard InChI is InChI=1S/C33H34N2.CH2O2/c1-4-10-25(11-5-1)24-35-31-20-21-32(35)23-30(22-31)34-33(28-14-8-3-9-15-28)29-18-16-27(17-19-29)26-12-6-2-7-13-26;2-1-3/h1-19,30-34H,20-24H2;1H,(H,2,3)/t30?,31-,32+,33?;. The number of carbonyl (C=O) groups is 1. The van der Waals surface area contributed by atoms with E-state index in [1.807, 2.05) is 0 Å². The second-order valence-corrected chi connectivity index (χ2v) is 10.3. The van der Waals surface area contributed by atoms with E-state index in [4.69, 9.17) is 9.90 Å². The monoisotopic (exact) mass is 504 g/mol. The molecule has 4 nitrogen and oxygen atoms in total. The van der Waals surface area contributed by atoms with Crippen molar-refractivity contribution in [2.75, 3.05) is 0 Å². The molecule has 0 spiro atoms. The molecule has 2 saturated heterocycles. The first kappa shape index (κ1) is 25.9. The number of fused-ring (bicyclic) bond motifs is 2. The van der Waals surface area contributed by atoms with Gasteiger partial charge >= 0.3 is 0 Å². The number of hydrogen-bond acceptors (Lipinski definition) is 3. The molecule has 2 N–H and O–H groups in total. The molecule has 4 aromatic rings. The Hall–Kier alpha value is -3.73. The number of hydrogen-bond donors (Lipinski definition) is 2. The normalized spacial score (nSPS) is 21.2. The maximum atomic E-state index is 8.36. The van der Waals surface area contributed by atoms with E-state index in [0.717, 1.165) is 6.54 Å². The Bertz CT molecular complexity index is 1250. The maximum absolute atomic E-state index is 8.36. The van der Waals surface area contributed by atoms with Gasteiger partial charge in [-0.15, -0.1) is 0 Å². The van der Waals surface area contributed by atoms with Crippen LogP contribution >= 0.6 is 0 Å². The van der Waals surface area contributed by atoms with Gasteiger partial charge in [0.15, 0.2) is 0 Å². The van der Waals surface area contributed by atoms with Crippen molar-refractivity contribution in [1.82, 2.24) is 10.2 Å². The third kappa shape index (κ3) is 6.21. The van der Waals surface area contributed by atoms with Gasteiger partial charge in [-0.05, 0) is 53.5 Å². The van der Waals surface area contributed by atoms with Gasteiger partial charge in [-0.2, -0.15) is 0 Å². The lowest BCUT2D eigenvalue weighted by molar-refractivity contribution is -0.122. The zero-order valence-corrected chi connectivity index (χ0v) is 21.7. The van der Waals surface area contributed by atoms with Gasteiger partial charge in [0, 0.05) is 24.7 Å². The minimum absolute atomic E-state index is 0.214. The van der Waals surface area contributed by atoms with Crippen molar-refractivity contribution in [2.45, 2.75) is 56.4 Å². The summed E-state index contributed by atoms with van der Waals surface area (Å²) in [6.07, 6.45) is 5.12. The molecular formula is C34H36N2O2. The third-order valence-electron chi connectivity index (χ3n) is 7.98. The Kier molecular flexibility index (Phi) is 8.64. The van der Waals surface area contributed by atoms with E-state index in [1.54, 1.807) is 0 Å². The Balaban J connectivity index is 0.000000937. The Morgan fingerprint density at radius 1 is 0.711 bits per heavy atom. The van der Waals surface area contributed by atoms with Crippen molar-refractivity contribution in [3.05, 3.63) is 132 Å². The summed E-state index contributed by atoms with van der Waals surface area (Å²) < 4.78 is 0. The van der Waals surface area contributed by atoms with Crippen molar-refractivity contribution in [2.24, 2.45) is 0 Å². The zero-order valence-electron chi connectivity index (χ0n) is 21.7. The molecule has 2 aliphatic heterocycles. The first-order valence-corrected chi connectivity index (χ1v) is 13.6. The molecule has 0 radical (unpaired) electrons. The van der Waals surface area contributed by atoms with Crippen LogP contribution in [0.25, 0.3) is 11.1 Å². The minimum atomic E-state index is -0.250. The largest absolute Gasteiger partial charge is 0.483 e. The maximum Gasteiger partial charge on any atom is 0.290 e. The van der Waals surface area contributed by atoms with Gasteiger partial charge in [0.25, 0.3) is 6.47 Å². The fraction of sp³-hybridized carbons (Fsp3) is 0.265. The van der Waals surface area contributed by atoms with Gasteiger partial charge < -0.3 is 10.4 Å². The van der Waals surface area contributed by atoms with E-state index in [-0.39, 0.29) is 12.5 Å². The number of nitrogens with one attached hydrogen (secondary N) is 1. The molecule has 4 heteroatoms. The second kappa shape index (κ2) is 12.7. The van der Waals surface area contributed by atoms with Crippen LogP contribution in [0.1, 0.15) is 48.4 Å². The first-order chi connectivity index (χ1) is 18.7. The Morgan fingerprint density at radius 3 is 1.76 bits per heavy atom. The van der Waals surface area contributed by atoms with Crippen LogP contribution in [0, 0.1) is 0 Å². The highest BCUT2D eigenvalue weighted by molar-refractivity contribution is 5.63. The lowest BCUT2D eigenvalue weighted by Crippen LogP contribution is -2.49. The number of carboxylic acid groups (broad SMARTS) is 1. The first-order valence-electron chi connectivity index (χ1n) is 13.6. The van der Waals surface area contributed by atoms with Gasteiger partial charge in [0.1, 0.15) is 0 Å². The van der Waals surface area contributed by atoms with Crippen molar-refractivity contribution < 1.29 is 9.90 Å². The molecule has 38 heavy (non-hydrogen) atoms. The minimum Gasteiger partial charge on any atom is -0.483 e. The molecule has 0 amide bonds. The van der Waals surface area contributed by atoms with Crippen LogP contribution in [0.4, 0.5) is 0 Å². The summed E-state index contributed by atoms with van der Waals surface area (Å²) in [7, 11) is 0. The predicted molar refractivity (Wildman–Crippen MR) is 154 cm³/mol. The molecule has 6 rings (SSSR count). The van der Waals surface area contributed by atoms with Gasteiger partial charge in [-0.1, -0.05) is 115 Å². The SMILES string of the molecule is O=CO.c1ccc(CN2[C@@H]3CC[C@H]2CC(NC(c2ccccc2)c2ccc(-c4ccccc4)cc2)C3)cc1. The molecule has 2 fully saturated rings. The summed E-state index contributed by atoms with van der Waals surface area (Å²) in [6.45, 7) is 0.839. The zero-order chi connectivity index (χ0) is 26.2. The van der Waals surface area contributed by atoms with Gasteiger partial charge in [-0.3, -0.25) is 9.69 Å². The van der Waals surface area contributed by atoms with Crippen LogP contribution in [-0.2, 0) is 11.3 Å². The topological polar surface area (TPSA) is 52.6 Å². The molecule has 0 saturated carbocycles. The quantitative estimate of drug-likeness (QED) is 0.268. The van der Waals surface area contributed by atoms with Crippen LogP contribution < -0.4 is 5.32 Å². The van der Waals surface area contributed by atoms with Crippen molar-refractivity contribution in [1.29, 1.82) is 0 Å². The van der Waals surface area contributed by atoms with E-state index in [0.29, 0.717) is 18.1 Å². The van der Waals surface area contributed by atoms with E-state index in [2.05, 4.69) is 125 Å². The van der Waals surface area contributed by atoms with E-state index < -0.39 is 0 Å². The Labute approximate surface area is 226 Å². The average Bonchev–Trinajstić information content (AvgIpc) is 3.20. The van der Waals surface area contributed by atoms with Crippen molar-refractivity contribution >= 4 is 6.47 Å². The summed E-state index contributed by atoms with van der Waals surface area (Å²) in [4.78, 5) is 11.1. The lowest BCUT2D eigenvalue weighted by atomic mass is 9.91. The Morgan fingerprint density at radius 2 is 1.18 bits per heavy atom.